The number of halogens is 4. The van der Waals surface area contributed by atoms with Crippen LogP contribution in [0.2, 0.25) is 0 Å². The Balaban J connectivity index is 3.12. The molecule has 1 atom stereocenters. The number of hydrogen-bond donors (Lipinski definition) is 1. The summed E-state index contributed by atoms with van der Waals surface area (Å²) in [5.41, 5.74) is -1.99. The van der Waals surface area contributed by atoms with Crippen LogP contribution in [0.3, 0.4) is 0 Å². The predicted molar refractivity (Wildman–Crippen MR) is 59.5 cm³/mol. The van der Waals surface area contributed by atoms with Gasteiger partial charge < -0.3 is 5.32 Å². The quantitative estimate of drug-likeness (QED) is 0.825. The van der Waals surface area contributed by atoms with E-state index in [9.17, 15) is 22.4 Å². The summed E-state index contributed by atoms with van der Waals surface area (Å²) in [6.07, 6.45) is -4.25. The molecule has 0 aromatic heterocycles. The highest BCUT2D eigenvalue weighted by Gasteiger charge is 2.35. The molecule has 1 rings (SSSR count). The van der Waals surface area contributed by atoms with Crippen molar-refractivity contribution in [3.8, 4) is 0 Å². The zero-order valence-electron chi connectivity index (χ0n) is 9.94. The first-order valence-electron chi connectivity index (χ1n) is 5.44. The maximum absolute atomic E-state index is 13.4. The van der Waals surface area contributed by atoms with Gasteiger partial charge in [0.15, 0.2) is 0 Å². The Morgan fingerprint density at radius 1 is 1.39 bits per heavy atom. The maximum Gasteiger partial charge on any atom is 0.418 e. The number of amides is 1. The molecule has 0 saturated heterocycles. The second-order valence-electron chi connectivity index (χ2n) is 3.96. The van der Waals surface area contributed by atoms with Crippen molar-refractivity contribution in [3.05, 3.63) is 29.6 Å². The van der Waals surface area contributed by atoms with E-state index in [4.69, 9.17) is 0 Å². The van der Waals surface area contributed by atoms with Crippen molar-refractivity contribution >= 4 is 11.6 Å². The number of benzene rings is 1. The molecule has 0 spiro atoms. The van der Waals surface area contributed by atoms with Gasteiger partial charge in [0.05, 0.1) is 11.3 Å². The van der Waals surface area contributed by atoms with Crippen molar-refractivity contribution in [2.24, 2.45) is 5.92 Å². The van der Waals surface area contributed by atoms with E-state index in [1.807, 2.05) is 5.32 Å². The lowest BCUT2D eigenvalue weighted by molar-refractivity contribution is -0.137. The van der Waals surface area contributed by atoms with Gasteiger partial charge in [0, 0.05) is 5.92 Å². The van der Waals surface area contributed by atoms with Gasteiger partial charge in [0.1, 0.15) is 5.82 Å². The van der Waals surface area contributed by atoms with Crippen molar-refractivity contribution in [2.45, 2.75) is 26.4 Å². The van der Waals surface area contributed by atoms with Crippen LogP contribution in [-0.2, 0) is 11.0 Å². The van der Waals surface area contributed by atoms with Crippen LogP contribution < -0.4 is 5.32 Å². The molecule has 0 aliphatic heterocycles. The molecule has 0 radical (unpaired) electrons. The Bertz CT molecular complexity index is 442. The SMILES string of the molecule is CCC(C)C(=O)Nc1c(F)cccc1C(F)(F)F. The number of rotatable bonds is 3. The predicted octanol–water partition coefficient (Wildman–Crippen LogP) is 3.83. The van der Waals surface area contributed by atoms with Crippen LogP contribution in [0, 0.1) is 11.7 Å². The van der Waals surface area contributed by atoms with Crippen molar-refractivity contribution in [1.29, 1.82) is 0 Å². The van der Waals surface area contributed by atoms with Crippen molar-refractivity contribution in [1.82, 2.24) is 0 Å². The second-order valence-corrected chi connectivity index (χ2v) is 3.96. The highest BCUT2D eigenvalue weighted by molar-refractivity contribution is 5.93. The van der Waals surface area contributed by atoms with E-state index in [2.05, 4.69) is 0 Å². The van der Waals surface area contributed by atoms with E-state index in [0.29, 0.717) is 6.42 Å². The largest absolute Gasteiger partial charge is 0.418 e. The van der Waals surface area contributed by atoms with Crippen molar-refractivity contribution in [3.63, 3.8) is 0 Å². The summed E-state index contributed by atoms with van der Waals surface area (Å²) in [6.45, 7) is 3.28. The summed E-state index contributed by atoms with van der Waals surface area (Å²) in [5, 5.41) is 2.00. The third-order valence-corrected chi connectivity index (χ3v) is 2.63. The highest BCUT2D eigenvalue weighted by atomic mass is 19.4. The molecule has 1 amide bonds. The first kappa shape index (κ1) is 14.5. The fourth-order valence-corrected chi connectivity index (χ4v) is 1.32. The van der Waals surface area contributed by atoms with Crippen LogP contribution in [0.4, 0.5) is 23.2 Å². The van der Waals surface area contributed by atoms with Crippen molar-refractivity contribution < 1.29 is 22.4 Å². The Hall–Kier alpha value is -1.59. The lowest BCUT2D eigenvalue weighted by Gasteiger charge is -2.16. The topological polar surface area (TPSA) is 29.1 Å². The molecule has 0 fully saturated rings. The number of alkyl halides is 3. The smallest absolute Gasteiger partial charge is 0.323 e. The molecule has 1 aromatic carbocycles. The summed E-state index contributed by atoms with van der Waals surface area (Å²) < 4.78 is 51.3. The molecule has 0 heterocycles. The first-order chi connectivity index (χ1) is 8.27. The van der Waals surface area contributed by atoms with Gasteiger partial charge in [-0.2, -0.15) is 13.2 Å². The third kappa shape index (κ3) is 3.21. The minimum Gasteiger partial charge on any atom is -0.323 e. The van der Waals surface area contributed by atoms with Crippen LogP contribution in [0.1, 0.15) is 25.8 Å². The Morgan fingerprint density at radius 2 is 2.00 bits per heavy atom. The fraction of sp³-hybridized carbons (Fsp3) is 0.417. The standard InChI is InChI=1S/C12H13F4NO/c1-3-7(2)11(18)17-10-8(12(14,15)16)5-4-6-9(10)13/h4-7H,3H2,1-2H3,(H,17,18). The highest BCUT2D eigenvalue weighted by Crippen LogP contribution is 2.36. The van der Waals surface area contributed by atoms with Gasteiger partial charge in [0.25, 0.3) is 0 Å². The number of carbonyl (C=O) groups is 1. The van der Waals surface area contributed by atoms with Crippen LogP contribution in [0.15, 0.2) is 18.2 Å². The minimum atomic E-state index is -4.71. The number of nitrogens with one attached hydrogen (secondary N) is 1. The van der Waals surface area contributed by atoms with E-state index < -0.39 is 35.1 Å². The molecule has 0 aliphatic rings. The maximum atomic E-state index is 13.4. The zero-order chi connectivity index (χ0) is 13.9. The van der Waals surface area contributed by atoms with E-state index in [0.717, 1.165) is 18.2 Å². The van der Waals surface area contributed by atoms with Gasteiger partial charge in [-0.25, -0.2) is 4.39 Å². The molecule has 0 bridgehead atoms. The Morgan fingerprint density at radius 3 is 2.50 bits per heavy atom. The number of para-hydroxylation sites is 1. The fourth-order valence-electron chi connectivity index (χ4n) is 1.32. The molecule has 0 aliphatic carbocycles. The molecule has 18 heavy (non-hydrogen) atoms. The monoisotopic (exact) mass is 263 g/mol. The zero-order valence-corrected chi connectivity index (χ0v) is 9.94. The molecule has 100 valence electrons. The van der Waals surface area contributed by atoms with Gasteiger partial charge in [-0.15, -0.1) is 0 Å². The average molecular weight is 263 g/mol. The first-order valence-corrected chi connectivity index (χ1v) is 5.44. The van der Waals surface area contributed by atoms with Gasteiger partial charge in [0.2, 0.25) is 5.91 Å². The molecule has 6 heteroatoms. The molecule has 1 unspecified atom stereocenters. The van der Waals surface area contributed by atoms with Crippen LogP contribution >= 0.6 is 0 Å². The van der Waals surface area contributed by atoms with E-state index in [1.165, 1.54) is 0 Å². The summed E-state index contributed by atoms with van der Waals surface area (Å²) in [5.74, 6) is -2.21. The summed E-state index contributed by atoms with van der Waals surface area (Å²) in [7, 11) is 0. The minimum absolute atomic E-state index is 0.460. The van der Waals surface area contributed by atoms with Crippen LogP contribution in [-0.4, -0.2) is 5.91 Å². The van der Waals surface area contributed by atoms with Crippen molar-refractivity contribution in [2.75, 3.05) is 5.32 Å². The number of carbonyl (C=O) groups excluding carboxylic acids is 1. The molecular formula is C12H13F4NO. The summed E-state index contributed by atoms with van der Waals surface area (Å²) >= 11 is 0. The molecule has 2 nitrogen and oxygen atoms in total. The van der Waals surface area contributed by atoms with Gasteiger partial charge in [-0.3, -0.25) is 4.79 Å². The van der Waals surface area contributed by atoms with E-state index >= 15 is 0 Å². The lowest BCUT2D eigenvalue weighted by Crippen LogP contribution is -2.23. The molecule has 0 saturated carbocycles. The Labute approximate surface area is 102 Å². The number of anilines is 1. The van der Waals surface area contributed by atoms with E-state index in [1.54, 1.807) is 13.8 Å². The van der Waals surface area contributed by atoms with Gasteiger partial charge >= 0.3 is 6.18 Å². The number of hydrogen-bond acceptors (Lipinski definition) is 1. The average Bonchev–Trinajstić information content (AvgIpc) is 2.29. The lowest BCUT2D eigenvalue weighted by atomic mass is 10.1. The van der Waals surface area contributed by atoms with Gasteiger partial charge in [-0.05, 0) is 18.6 Å². The second kappa shape index (κ2) is 5.37. The Kier molecular flexibility index (Phi) is 4.32. The molecule has 1 N–H and O–H groups in total. The molecular weight excluding hydrogens is 250 g/mol. The summed E-state index contributed by atoms with van der Waals surface area (Å²) in [6, 6.07) is 2.56. The van der Waals surface area contributed by atoms with Crippen LogP contribution in [0.25, 0.3) is 0 Å². The summed E-state index contributed by atoms with van der Waals surface area (Å²) in [4.78, 5) is 11.5. The van der Waals surface area contributed by atoms with Gasteiger partial charge in [-0.1, -0.05) is 19.9 Å². The third-order valence-electron chi connectivity index (χ3n) is 2.63. The molecule has 1 aromatic rings. The van der Waals surface area contributed by atoms with Crippen LogP contribution in [0.5, 0.6) is 0 Å². The van der Waals surface area contributed by atoms with E-state index in [-0.39, 0.29) is 0 Å². The normalized spacial score (nSPS) is 13.2.